The van der Waals surface area contributed by atoms with Crippen molar-refractivity contribution in [2.45, 2.75) is 32.8 Å². The number of hydrogen-bond donors (Lipinski definition) is 2. The molecule has 4 rings (SSSR count). The molecule has 198 valence electrons. The lowest BCUT2D eigenvalue weighted by Gasteiger charge is -2.31. The zero-order valence-corrected chi connectivity index (χ0v) is 21.9. The van der Waals surface area contributed by atoms with Gasteiger partial charge in [-0.05, 0) is 44.5 Å². The Labute approximate surface area is 224 Å². The Morgan fingerprint density at radius 3 is 2.21 bits per heavy atom. The Morgan fingerprint density at radius 2 is 1.63 bits per heavy atom. The zero-order valence-electron chi connectivity index (χ0n) is 21.1. The molecule has 0 spiro atoms. The molecule has 0 bridgehead atoms. The van der Waals surface area contributed by atoms with Gasteiger partial charge in [0.05, 0.1) is 59.8 Å². The highest BCUT2D eigenvalue weighted by Crippen LogP contribution is 2.41. The Morgan fingerprint density at radius 1 is 1.03 bits per heavy atom. The molecular weight excluding hydrogens is 512 g/mol. The maximum Gasteiger partial charge on any atom is 0.337 e. The molecule has 0 aromatic heterocycles. The summed E-state index contributed by atoms with van der Waals surface area (Å²) in [4.78, 5) is 51.9. The van der Waals surface area contributed by atoms with Crippen LogP contribution in [-0.2, 0) is 19.1 Å². The highest BCUT2D eigenvalue weighted by molar-refractivity contribution is 6.31. The van der Waals surface area contributed by atoms with Crippen molar-refractivity contribution >= 4 is 35.4 Å². The second-order valence-corrected chi connectivity index (χ2v) is 9.54. The van der Waals surface area contributed by atoms with Crippen LogP contribution in [0.25, 0.3) is 0 Å². The average Bonchev–Trinajstić information content (AvgIpc) is 3.10. The molecule has 2 aromatic rings. The van der Waals surface area contributed by atoms with Crippen molar-refractivity contribution in [1.82, 2.24) is 10.2 Å². The van der Waals surface area contributed by atoms with Gasteiger partial charge < -0.3 is 19.9 Å². The summed E-state index contributed by atoms with van der Waals surface area (Å²) in [6, 6.07) is 13.3. The lowest BCUT2D eigenvalue weighted by Crippen LogP contribution is -2.36. The molecule has 2 aliphatic rings. The van der Waals surface area contributed by atoms with Crippen LogP contribution in [-0.4, -0.2) is 59.6 Å². The Bertz CT molecular complexity index is 1340. The SMILES string of the molecule is CC1=C(C(=O)OC(C)C)C(c2ccccc2Cl)C(C(=O)O)=C(COCCN2C(=O)c3ccccc3C2=O)N1. The Kier molecular flexibility index (Phi) is 7.99. The number of carbonyl (C=O) groups is 4. The van der Waals surface area contributed by atoms with Gasteiger partial charge in [-0.1, -0.05) is 41.9 Å². The van der Waals surface area contributed by atoms with E-state index in [1.54, 1.807) is 69.3 Å². The van der Waals surface area contributed by atoms with E-state index in [-0.39, 0.29) is 36.6 Å². The van der Waals surface area contributed by atoms with Crippen molar-refractivity contribution < 1.29 is 33.8 Å². The monoisotopic (exact) mass is 538 g/mol. The number of esters is 1. The lowest BCUT2D eigenvalue weighted by atomic mass is 9.80. The summed E-state index contributed by atoms with van der Waals surface area (Å²) in [5.41, 5.74) is 1.77. The number of benzene rings is 2. The number of imide groups is 1. The number of rotatable bonds is 9. The quantitative estimate of drug-likeness (QED) is 0.280. The number of nitrogens with one attached hydrogen (secondary N) is 1. The van der Waals surface area contributed by atoms with E-state index in [2.05, 4.69) is 5.32 Å². The standard InChI is InChI=1S/C28H27ClN2O7/c1-15(2)38-28(36)22-16(3)30-21(24(27(34)35)23(22)19-10-6-7-11-20(19)29)14-37-13-12-31-25(32)17-8-4-5-9-18(17)26(31)33/h4-11,15,23,30H,12-14H2,1-3H3,(H,34,35). The minimum absolute atomic E-state index is 0.00322. The Balaban J connectivity index is 1.58. The summed E-state index contributed by atoms with van der Waals surface area (Å²) >= 11 is 6.45. The highest BCUT2D eigenvalue weighted by atomic mass is 35.5. The molecule has 0 aliphatic carbocycles. The molecule has 0 saturated carbocycles. The third-order valence-electron chi connectivity index (χ3n) is 6.24. The molecule has 2 aliphatic heterocycles. The van der Waals surface area contributed by atoms with Crippen LogP contribution in [0.2, 0.25) is 5.02 Å². The first-order chi connectivity index (χ1) is 18.1. The van der Waals surface area contributed by atoms with E-state index in [0.717, 1.165) is 4.90 Å². The normalized spacial score (nSPS) is 17.2. The number of carboxylic acids is 1. The molecule has 38 heavy (non-hydrogen) atoms. The summed E-state index contributed by atoms with van der Waals surface area (Å²) in [6.07, 6.45) is -0.418. The van der Waals surface area contributed by atoms with Crippen molar-refractivity contribution in [3.63, 3.8) is 0 Å². The lowest BCUT2D eigenvalue weighted by molar-refractivity contribution is -0.143. The number of carboxylic acid groups (broad SMARTS) is 1. The van der Waals surface area contributed by atoms with Crippen LogP contribution in [0.4, 0.5) is 0 Å². The second-order valence-electron chi connectivity index (χ2n) is 9.13. The van der Waals surface area contributed by atoms with Crippen LogP contribution in [0, 0.1) is 0 Å². The molecule has 0 fully saturated rings. The predicted molar refractivity (Wildman–Crippen MR) is 139 cm³/mol. The zero-order chi connectivity index (χ0) is 27.6. The van der Waals surface area contributed by atoms with E-state index < -0.39 is 35.8 Å². The Hall–Kier alpha value is -3.95. The van der Waals surface area contributed by atoms with Gasteiger partial charge in [-0.25, -0.2) is 9.59 Å². The first-order valence-electron chi connectivity index (χ1n) is 12.0. The molecule has 1 unspecified atom stereocenters. The topological polar surface area (TPSA) is 122 Å². The molecule has 10 heteroatoms. The van der Waals surface area contributed by atoms with Crippen molar-refractivity contribution in [1.29, 1.82) is 0 Å². The molecule has 1 atom stereocenters. The number of hydrogen-bond acceptors (Lipinski definition) is 7. The van der Waals surface area contributed by atoms with Crippen LogP contribution in [0.15, 0.2) is 71.1 Å². The molecule has 0 radical (unpaired) electrons. The fourth-order valence-corrected chi connectivity index (χ4v) is 4.85. The first kappa shape index (κ1) is 27.1. The van der Waals surface area contributed by atoms with Gasteiger partial charge in [-0.3, -0.25) is 14.5 Å². The number of amides is 2. The van der Waals surface area contributed by atoms with Gasteiger partial charge in [0.25, 0.3) is 11.8 Å². The molecule has 2 aromatic carbocycles. The molecular formula is C28H27ClN2O7. The third-order valence-corrected chi connectivity index (χ3v) is 6.58. The molecule has 2 heterocycles. The van der Waals surface area contributed by atoms with Crippen LogP contribution in [0.5, 0.6) is 0 Å². The molecule has 2 N–H and O–H groups in total. The van der Waals surface area contributed by atoms with Crippen molar-refractivity contribution in [2.24, 2.45) is 0 Å². The fourth-order valence-electron chi connectivity index (χ4n) is 4.60. The van der Waals surface area contributed by atoms with Crippen LogP contribution >= 0.6 is 11.6 Å². The number of nitrogens with zero attached hydrogens (tertiary/aromatic N) is 1. The van der Waals surface area contributed by atoms with E-state index in [0.29, 0.717) is 27.4 Å². The number of halogens is 1. The van der Waals surface area contributed by atoms with Gasteiger partial charge in [0.1, 0.15) is 0 Å². The molecule has 0 saturated heterocycles. The first-order valence-corrected chi connectivity index (χ1v) is 12.4. The van der Waals surface area contributed by atoms with E-state index in [9.17, 15) is 24.3 Å². The number of fused-ring (bicyclic) bond motifs is 1. The van der Waals surface area contributed by atoms with E-state index >= 15 is 0 Å². The van der Waals surface area contributed by atoms with Crippen molar-refractivity contribution in [3.05, 3.63) is 92.8 Å². The summed E-state index contributed by atoms with van der Waals surface area (Å²) < 4.78 is 11.2. The van der Waals surface area contributed by atoms with Crippen LogP contribution in [0.3, 0.4) is 0 Å². The minimum Gasteiger partial charge on any atom is -0.478 e. The third kappa shape index (κ3) is 5.20. The van der Waals surface area contributed by atoms with Gasteiger partial charge in [-0.15, -0.1) is 0 Å². The van der Waals surface area contributed by atoms with E-state index in [1.165, 1.54) is 0 Å². The van der Waals surface area contributed by atoms with Gasteiger partial charge in [0.2, 0.25) is 0 Å². The fraction of sp³-hybridized carbons (Fsp3) is 0.286. The maximum absolute atomic E-state index is 13.1. The van der Waals surface area contributed by atoms with Gasteiger partial charge in [0, 0.05) is 10.7 Å². The number of ether oxygens (including phenoxy) is 2. The number of aliphatic carboxylic acids is 1. The van der Waals surface area contributed by atoms with Gasteiger partial charge in [-0.2, -0.15) is 0 Å². The van der Waals surface area contributed by atoms with Crippen LogP contribution in [0.1, 0.15) is 53.0 Å². The number of carbonyl (C=O) groups excluding carboxylic acids is 3. The smallest absolute Gasteiger partial charge is 0.337 e. The second kappa shape index (κ2) is 11.2. The number of dihydropyridines is 1. The van der Waals surface area contributed by atoms with E-state index in [1.807, 2.05) is 0 Å². The van der Waals surface area contributed by atoms with E-state index in [4.69, 9.17) is 21.1 Å². The summed E-state index contributed by atoms with van der Waals surface area (Å²) in [5, 5.41) is 13.5. The predicted octanol–water partition coefficient (Wildman–Crippen LogP) is 3.90. The van der Waals surface area contributed by atoms with Crippen molar-refractivity contribution in [2.75, 3.05) is 19.8 Å². The maximum atomic E-state index is 13.1. The molecule has 2 amide bonds. The number of allylic oxidation sites excluding steroid dienone is 1. The van der Waals surface area contributed by atoms with Gasteiger partial charge >= 0.3 is 11.9 Å². The van der Waals surface area contributed by atoms with Gasteiger partial charge in [0.15, 0.2) is 0 Å². The average molecular weight is 539 g/mol. The highest BCUT2D eigenvalue weighted by Gasteiger charge is 2.40. The summed E-state index contributed by atoms with van der Waals surface area (Å²) in [6.45, 7) is 4.86. The summed E-state index contributed by atoms with van der Waals surface area (Å²) in [5.74, 6) is -3.73. The molecule has 9 nitrogen and oxygen atoms in total. The minimum atomic E-state index is -1.26. The van der Waals surface area contributed by atoms with Crippen molar-refractivity contribution in [3.8, 4) is 0 Å². The van der Waals surface area contributed by atoms with Crippen LogP contribution < -0.4 is 5.32 Å². The largest absolute Gasteiger partial charge is 0.478 e. The summed E-state index contributed by atoms with van der Waals surface area (Å²) in [7, 11) is 0.